The molecule has 2 radical (unpaired) electrons. The zero-order chi connectivity index (χ0) is 82.0. The molecule has 1 saturated heterocycles. The van der Waals surface area contributed by atoms with Crippen LogP contribution in [0.2, 0.25) is 0 Å². The molecule has 10 aromatic rings. The number of nitrogens with zero attached hydrogens (tertiary/aromatic N) is 5. The molecule has 114 heavy (non-hydrogen) atoms. The van der Waals surface area contributed by atoms with Crippen LogP contribution in [0, 0.1) is 26.3 Å². The fraction of sp³-hybridized carbons (Fsp3) is 0.412. The summed E-state index contributed by atoms with van der Waals surface area (Å²) in [5.74, 6) is 0. The van der Waals surface area contributed by atoms with Gasteiger partial charge in [0.25, 0.3) is 0 Å². The molecule has 2 fully saturated rings. The van der Waals surface area contributed by atoms with E-state index in [1.165, 1.54) is 79.3 Å². The number of allylic oxidation sites excluding steroid dienone is 2. The Bertz CT molecular complexity index is 2360. The Morgan fingerprint density at radius 1 is 0.368 bits per heavy atom. The van der Waals surface area contributed by atoms with Crippen LogP contribution in [0.1, 0.15) is 250 Å². The van der Waals surface area contributed by atoms with Crippen LogP contribution in [0.3, 0.4) is 0 Å². The topological polar surface area (TPSA) is 85.8 Å². The molecule has 0 atom stereocenters. The molecule has 4 aliphatic rings. The summed E-state index contributed by atoms with van der Waals surface area (Å²) in [6, 6.07) is 84.3. The molecule has 7 nitrogen and oxygen atoms in total. The summed E-state index contributed by atoms with van der Waals surface area (Å²) in [5, 5.41) is 2.08. The molecule has 0 N–H and O–H groups in total. The Morgan fingerprint density at radius 3 is 0.825 bits per heavy atom. The minimum Gasteiger partial charge on any atom is -0.473 e. The molecule has 0 spiro atoms. The number of alkyl halides is 2. The summed E-state index contributed by atoms with van der Waals surface area (Å²) in [6.07, 6.45) is 34.9. The van der Waals surface area contributed by atoms with Crippen molar-refractivity contribution in [1.82, 2.24) is 15.0 Å². The predicted octanol–water partition coefficient (Wildman–Crippen LogP) is 34.7. The van der Waals surface area contributed by atoms with E-state index in [0.717, 1.165) is 26.3 Å². The molecule has 0 amide bonds. The van der Waals surface area contributed by atoms with Crippen molar-refractivity contribution in [2.45, 2.75) is 248 Å². The monoisotopic (exact) mass is 1750 g/mol. The van der Waals surface area contributed by atoms with Crippen molar-refractivity contribution in [1.29, 1.82) is 0 Å². The fourth-order valence-corrected chi connectivity index (χ4v) is 6.66. The number of ether oxygens (including phenoxy) is 1. The van der Waals surface area contributed by atoms with E-state index in [1.807, 2.05) is 362 Å². The number of hydrogen-bond acceptors (Lipinski definition) is 8. The van der Waals surface area contributed by atoms with Crippen molar-refractivity contribution in [3.8, 4) is 0 Å². The molecule has 648 valence electrons. The number of aliphatic imine (C=N–C) groups is 2. The number of furan rings is 1. The number of pyridine rings is 1. The molecule has 12 heteroatoms. The minimum atomic E-state index is 0. The molecule has 3 aliphatic heterocycles. The van der Waals surface area contributed by atoms with E-state index < -0.39 is 0 Å². The van der Waals surface area contributed by atoms with E-state index in [9.17, 15) is 8.78 Å². The number of hydrogen-bond donors (Lipinski definition) is 0. The van der Waals surface area contributed by atoms with Crippen LogP contribution in [-0.2, 0) is 70.2 Å². The number of benzene rings is 6. The predicted molar refractivity (Wildman–Crippen MR) is 519 cm³/mol. The molecule has 1 aliphatic carbocycles. The number of halogens is 2. The Balaban J connectivity index is -0.0000000490. The summed E-state index contributed by atoms with van der Waals surface area (Å²) < 4.78 is 28.5. The van der Waals surface area contributed by atoms with E-state index in [4.69, 9.17) is 4.74 Å². The van der Waals surface area contributed by atoms with Crippen LogP contribution in [0.4, 0.5) is 8.78 Å². The third kappa shape index (κ3) is 169. The fourth-order valence-electron chi connectivity index (χ4n) is 6.13. The van der Waals surface area contributed by atoms with Crippen LogP contribution >= 0.6 is 11.3 Å². The quantitative estimate of drug-likeness (QED) is 0.153. The maximum Gasteiger partial charge on any atom is 0.115 e. The third-order valence-electron chi connectivity index (χ3n) is 10.5. The SMILES string of the molecule is C.C.C.C.C.C.C1=CCN=C1.C1CCCCC1.C1CCOC1.CC.CC.CC.CC.CC.CC.CC.CC.CC.CC1=CC=NC1.CF.CF.C[CH-]c1ccccc1.Cc1ccccc1.Cc1cccs1.[Y].[Y].[c-]1ccccc1.c1ccccc1.c1ccccc1.c1ccccc1.c1ccncc1.c1ccoc1.c1cncnc1. The van der Waals surface area contributed by atoms with Crippen LogP contribution in [0.5, 0.6) is 0 Å². The molecular weight excluding hydrogens is 1580 g/mol. The Morgan fingerprint density at radius 2 is 0.702 bits per heavy atom. The molecular formula is C102H175F2N5O2SY2-2. The van der Waals surface area contributed by atoms with Gasteiger partial charge in [0.2, 0.25) is 0 Å². The van der Waals surface area contributed by atoms with Crippen molar-refractivity contribution in [2.75, 3.05) is 40.7 Å². The molecule has 14 rings (SSSR count). The van der Waals surface area contributed by atoms with Crippen molar-refractivity contribution < 1.29 is 83.4 Å². The Kier molecular flexibility index (Phi) is 243. The van der Waals surface area contributed by atoms with Crippen molar-refractivity contribution in [3.63, 3.8) is 0 Å². The third-order valence-corrected chi connectivity index (χ3v) is 11.3. The van der Waals surface area contributed by atoms with Gasteiger partial charge in [-0.3, -0.25) is 23.7 Å². The van der Waals surface area contributed by atoms with Gasteiger partial charge in [-0.15, -0.1) is 23.5 Å². The maximum absolute atomic E-state index is 9.50. The van der Waals surface area contributed by atoms with Crippen LogP contribution in [0.15, 0.2) is 336 Å². The number of thiophene rings is 1. The van der Waals surface area contributed by atoms with Crippen molar-refractivity contribution in [3.05, 3.63) is 350 Å². The second-order valence-electron chi connectivity index (χ2n) is 17.7. The van der Waals surface area contributed by atoms with E-state index in [2.05, 4.69) is 104 Å². The van der Waals surface area contributed by atoms with Gasteiger partial charge >= 0.3 is 0 Å². The number of aromatic nitrogens is 3. The molecule has 6 aromatic carbocycles. The Hall–Kier alpha value is -6.75. The van der Waals surface area contributed by atoms with E-state index in [0.29, 0.717) is 14.4 Å². The summed E-state index contributed by atoms with van der Waals surface area (Å²) in [6.45, 7) is 48.1. The van der Waals surface area contributed by atoms with Gasteiger partial charge in [0.05, 0.1) is 40.0 Å². The van der Waals surface area contributed by atoms with Gasteiger partial charge in [0, 0.05) is 121 Å². The minimum absolute atomic E-state index is 0. The van der Waals surface area contributed by atoms with Crippen LogP contribution in [0.25, 0.3) is 0 Å². The average molecular weight is 1750 g/mol. The molecule has 7 heterocycles. The van der Waals surface area contributed by atoms with Gasteiger partial charge in [0.15, 0.2) is 0 Å². The van der Waals surface area contributed by atoms with E-state index in [-0.39, 0.29) is 110 Å². The van der Waals surface area contributed by atoms with Crippen LogP contribution in [-0.4, -0.2) is 68.0 Å². The first kappa shape index (κ1) is 155. The zero-order valence-electron chi connectivity index (χ0n) is 72.1. The van der Waals surface area contributed by atoms with E-state index >= 15 is 0 Å². The first-order valence-corrected chi connectivity index (χ1v) is 39.4. The second-order valence-corrected chi connectivity index (χ2v) is 18.9. The molecule has 4 aromatic heterocycles. The van der Waals surface area contributed by atoms with Gasteiger partial charge in [-0.2, -0.15) is 60.5 Å². The zero-order valence-corrected chi connectivity index (χ0v) is 78.6. The first-order valence-electron chi connectivity index (χ1n) is 38.5. The van der Waals surface area contributed by atoms with Gasteiger partial charge in [0.1, 0.15) is 6.33 Å². The average Bonchev–Trinajstić information content (AvgIpc) is 1.45. The van der Waals surface area contributed by atoms with Gasteiger partial charge in [-0.1, -0.05) is 390 Å². The summed E-state index contributed by atoms with van der Waals surface area (Å²) in [7, 11) is 1.00. The van der Waals surface area contributed by atoms with Gasteiger partial charge < -0.3 is 9.15 Å². The largest absolute Gasteiger partial charge is 0.473 e. The molecule has 0 bridgehead atoms. The normalized spacial score (nSPS) is 9.12. The molecule has 1 saturated carbocycles. The number of rotatable bonds is 1. The summed E-state index contributed by atoms with van der Waals surface area (Å²) in [5.41, 5.74) is 3.96. The van der Waals surface area contributed by atoms with Gasteiger partial charge in [-0.25, -0.2) is 9.97 Å². The van der Waals surface area contributed by atoms with Crippen molar-refractivity contribution >= 4 is 23.8 Å². The summed E-state index contributed by atoms with van der Waals surface area (Å²) >= 11 is 1.78. The second kappa shape index (κ2) is 178. The smallest absolute Gasteiger partial charge is 0.115 e. The molecule has 0 unspecified atom stereocenters. The van der Waals surface area contributed by atoms with E-state index in [1.54, 1.807) is 60.9 Å². The van der Waals surface area contributed by atoms with Gasteiger partial charge in [-0.05, 0) is 87.5 Å². The number of aryl methyl sites for hydroxylation is 2. The Labute approximate surface area is 764 Å². The maximum atomic E-state index is 9.50. The van der Waals surface area contributed by atoms with Crippen molar-refractivity contribution in [2.24, 2.45) is 9.98 Å². The standard InChI is InChI=1S/C8H9.C7H8.C6H12.3C6H6.C6H5.C5H7N.C5H5N.C5H6S.C4H4N2.C4H5N.C4H8O.C4H4O.9C2H6.2CH3F.6CH4.2Y/c1-2-8-6-4-3-5-7-8;1-7-5-3-2-4-6-7;5*1-2-4-6-5-3-1;1-5-2-3-6-4-5;1-2-4-6-5-3-1;1-5-3-2-4-6-5;1-2-5-4-6-3-1;3*1-2-4-5-3-1;11*1-2;;;;;;;;/h2-7H,1H3;2-6H,1H3;1-6H2;3*1-6H;1-5H;2-3H,4H2,1H3;1-5H;2-4H,1H3;1-4H;1-3H,4H2;1-4H2;1-4H;9*1-2H3;2*1H3;6*1H4;;/q-1;;;;;;-1;;;;;;;;;;;;;;;;;;;;;;;;;;. The van der Waals surface area contributed by atoms with Crippen LogP contribution < -0.4 is 0 Å². The summed E-state index contributed by atoms with van der Waals surface area (Å²) in [4.78, 5) is 20.3. The first-order chi connectivity index (χ1) is 52.6.